The molecule has 2 aromatic rings. The van der Waals surface area contributed by atoms with Crippen molar-refractivity contribution in [3.05, 3.63) is 28.6 Å². The summed E-state index contributed by atoms with van der Waals surface area (Å²) >= 11 is 6.76. The van der Waals surface area contributed by atoms with Crippen LogP contribution in [0.1, 0.15) is 12.7 Å². The minimum absolute atomic E-state index is 0.217. The zero-order chi connectivity index (χ0) is 13.9. The van der Waals surface area contributed by atoms with Gasteiger partial charge in [-0.25, -0.2) is 13.1 Å². The summed E-state index contributed by atoms with van der Waals surface area (Å²) in [5, 5.41) is 7.73. The van der Waals surface area contributed by atoms with E-state index >= 15 is 0 Å². The molecule has 1 N–H and O–H groups in total. The van der Waals surface area contributed by atoms with Crippen LogP contribution in [0.5, 0.6) is 0 Å². The van der Waals surface area contributed by atoms with Crippen molar-refractivity contribution in [2.75, 3.05) is 6.54 Å². The van der Waals surface area contributed by atoms with Crippen molar-refractivity contribution in [1.29, 1.82) is 0 Å². The molecule has 0 saturated heterocycles. The van der Waals surface area contributed by atoms with Crippen LogP contribution in [-0.2, 0) is 23.0 Å². The smallest absolute Gasteiger partial charge is 0.250 e. The third-order valence-corrected chi connectivity index (χ3v) is 5.67. The molecule has 0 amide bonds. The number of thiophene rings is 1. The molecule has 2 aromatic heterocycles. The zero-order valence-corrected chi connectivity index (χ0v) is 12.6. The minimum Gasteiger partial charge on any atom is -0.318 e. The maximum atomic E-state index is 11.9. The fourth-order valence-electron chi connectivity index (χ4n) is 1.55. The standard InChI is InChI=1S/C10H13ClN4O2S2/c1-2-15-7-12-14-9(15)5-6-13-19(16,17)10-4-3-8(11)18-10/h3-4,7,13H,2,5-6H2,1H3. The highest BCUT2D eigenvalue weighted by molar-refractivity contribution is 7.91. The van der Waals surface area contributed by atoms with Crippen LogP contribution >= 0.6 is 22.9 Å². The molecule has 0 radical (unpaired) electrons. The number of nitrogens with zero attached hydrogens (tertiary/aromatic N) is 3. The van der Waals surface area contributed by atoms with E-state index in [2.05, 4.69) is 14.9 Å². The van der Waals surface area contributed by atoms with E-state index in [0.29, 0.717) is 10.8 Å². The average molecular weight is 321 g/mol. The van der Waals surface area contributed by atoms with Gasteiger partial charge in [-0.05, 0) is 19.1 Å². The van der Waals surface area contributed by atoms with E-state index in [1.54, 1.807) is 12.4 Å². The highest BCUT2D eigenvalue weighted by Gasteiger charge is 2.16. The predicted molar refractivity (Wildman–Crippen MR) is 73.9 cm³/mol. The van der Waals surface area contributed by atoms with Crippen LogP contribution in [0.15, 0.2) is 22.7 Å². The molecule has 9 heteroatoms. The molecule has 2 rings (SSSR count). The molecule has 0 fully saturated rings. The molecular formula is C10H13ClN4O2S2. The summed E-state index contributed by atoms with van der Waals surface area (Å²) in [7, 11) is -3.49. The maximum absolute atomic E-state index is 11.9. The fourth-order valence-corrected chi connectivity index (χ4v) is 4.11. The SMILES string of the molecule is CCn1cnnc1CCNS(=O)(=O)c1ccc(Cl)s1. The Morgan fingerprint density at radius 1 is 1.47 bits per heavy atom. The predicted octanol–water partition coefficient (Wildman–Crippen LogP) is 1.53. The highest BCUT2D eigenvalue weighted by atomic mass is 35.5. The van der Waals surface area contributed by atoms with Gasteiger partial charge >= 0.3 is 0 Å². The van der Waals surface area contributed by atoms with Crippen molar-refractivity contribution in [2.24, 2.45) is 0 Å². The minimum atomic E-state index is -3.49. The van der Waals surface area contributed by atoms with Gasteiger partial charge in [-0.2, -0.15) is 0 Å². The molecule has 104 valence electrons. The van der Waals surface area contributed by atoms with Crippen LogP contribution in [-0.4, -0.2) is 29.7 Å². The molecule has 0 aliphatic carbocycles. The molecule has 0 unspecified atom stereocenters. The van der Waals surface area contributed by atoms with Crippen molar-refractivity contribution in [2.45, 2.75) is 24.1 Å². The van der Waals surface area contributed by atoms with Gasteiger partial charge in [0, 0.05) is 19.5 Å². The first-order chi connectivity index (χ1) is 9.03. The monoisotopic (exact) mass is 320 g/mol. The van der Waals surface area contributed by atoms with E-state index in [1.165, 1.54) is 6.07 Å². The molecule has 0 atom stereocenters. The van der Waals surface area contributed by atoms with E-state index < -0.39 is 10.0 Å². The van der Waals surface area contributed by atoms with E-state index in [-0.39, 0.29) is 10.8 Å². The van der Waals surface area contributed by atoms with Gasteiger partial charge in [0.15, 0.2) is 0 Å². The van der Waals surface area contributed by atoms with Crippen LogP contribution in [0.25, 0.3) is 0 Å². The lowest BCUT2D eigenvalue weighted by molar-refractivity contribution is 0.581. The average Bonchev–Trinajstić information content (AvgIpc) is 2.97. The highest BCUT2D eigenvalue weighted by Crippen LogP contribution is 2.25. The first-order valence-electron chi connectivity index (χ1n) is 5.64. The lowest BCUT2D eigenvalue weighted by Crippen LogP contribution is -2.26. The first kappa shape index (κ1) is 14.4. The summed E-state index contributed by atoms with van der Waals surface area (Å²) < 4.78 is 28.9. The number of hydrogen-bond acceptors (Lipinski definition) is 5. The van der Waals surface area contributed by atoms with Gasteiger partial charge in [0.05, 0.1) is 4.34 Å². The van der Waals surface area contributed by atoms with E-state index in [4.69, 9.17) is 11.6 Å². The van der Waals surface area contributed by atoms with Crippen LogP contribution < -0.4 is 4.72 Å². The summed E-state index contributed by atoms with van der Waals surface area (Å²) in [6.07, 6.45) is 2.12. The van der Waals surface area contributed by atoms with Gasteiger partial charge in [0.1, 0.15) is 16.4 Å². The second-order valence-corrected chi connectivity index (χ2v) is 7.45. The lowest BCUT2D eigenvalue weighted by atomic mass is 10.4. The summed E-state index contributed by atoms with van der Waals surface area (Å²) in [5.41, 5.74) is 0. The first-order valence-corrected chi connectivity index (χ1v) is 8.32. The summed E-state index contributed by atoms with van der Waals surface area (Å²) in [6, 6.07) is 3.05. The Kier molecular flexibility index (Phi) is 4.56. The van der Waals surface area contributed by atoms with Crippen molar-refractivity contribution >= 4 is 33.0 Å². The number of halogens is 1. The number of rotatable bonds is 6. The largest absolute Gasteiger partial charge is 0.318 e. The lowest BCUT2D eigenvalue weighted by Gasteiger charge is -2.05. The van der Waals surface area contributed by atoms with E-state index in [1.807, 2.05) is 11.5 Å². The summed E-state index contributed by atoms with van der Waals surface area (Å²) in [6.45, 7) is 3.01. The van der Waals surface area contributed by atoms with Crippen molar-refractivity contribution < 1.29 is 8.42 Å². The molecule has 2 heterocycles. The maximum Gasteiger partial charge on any atom is 0.250 e. The summed E-state index contributed by atoms with van der Waals surface area (Å²) in [4.78, 5) is 0. The number of hydrogen-bond donors (Lipinski definition) is 1. The molecular weight excluding hydrogens is 308 g/mol. The number of aromatic nitrogens is 3. The van der Waals surface area contributed by atoms with Gasteiger partial charge in [0.25, 0.3) is 0 Å². The van der Waals surface area contributed by atoms with Crippen molar-refractivity contribution in [3.8, 4) is 0 Å². The van der Waals surface area contributed by atoms with Crippen molar-refractivity contribution in [1.82, 2.24) is 19.5 Å². The Labute approximate surface area is 120 Å². The Hall–Kier alpha value is -0.960. The normalized spacial score (nSPS) is 11.9. The molecule has 6 nitrogen and oxygen atoms in total. The molecule has 0 aliphatic heterocycles. The Morgan fingerprint density at radius 3 is 2.89 bits per heavy atom. The van der Waals surface area contributed by atoms with Gasteiger partial charge in [-0.3, -0.25) is 0 Å². The molecule has 19 heavy (non-hydrogen) atoms. The van der Waals surface area contributed by atoms with Crippen molar-refractivity contribution in [3.63, 3.8) is 0 Å². The van der Waals surface area contributed by atoms with Gasteiger partial charge in [0.2, 0.25) is 10.0 Å². The van der Waals surface area contributed by atoms with E-state index in [9.17, 15) is 8.42 Å². The van der Waals surface area contributed by atoms with Crippen LogP contribution in [0.2, 0.25) is 4.34 Å². The molecule has 0 bridgehead atoms. The topological polar surface area (TPSA) is 76.9 Å². The molecule has 0 saturated carbocycles. The van der Waals surface area contributed by atoms with Crippen LogP contribution in [0.3, 0.4) is 0 Å². The number of aryl methyl sites for hydroxylation is 1. The van der Waals surface area contributed by atoms with Gasteiger partial charge in [-0.1, -0.05) is 11.6 Å². The number of sulfonamides is 1. The Bertz CT molecular complexity index is 650. The van der Waals surface area contributed by atoms with Gasteiger partial charge in [-0.15, -0.1) is 21.5 Å². The molecule has 0 aromatic carbocycles. The second kappa shape index (κ2) is 6.00. The third-order valence-electron chi connectivity index (χ3n) is 2.49. The Morgan fingerprint density at radius 2 is 2.26 bits per heavy atom. The summed E-state index contributed by atoms with van der Waals surface area (Å²) in [5.74, 6) is 0.759. The van der Waals surface area contributed by atoms with E-state index in [0.717, 1.165) is 23.7 Å². The molecule has 0 spiro atoms. The Balaban J connectivity index is 1.96. The zero-order valence-electron chi connectivity index (χ0n) is 10.2. The molecule has 0 aliphatic rings. The number of nitrogens with one attached hydrogen (secondary N) is 1. The fraction of sp³-hybridized carbons (Fsp3) is 0.400. The van der Waals surface area contributed by atoms with Gasteiger partial charge < -0.3 is 4.57 Å². The van der Waals surface area contributed by atoms with Crippen LogP contribution in [0, 0.1) is 0 Å². The second-order valence-electron chi connectivity index (χ2n) is 3.74. The third kappa shape index (κ3) is 3.53. The van der Waals surface area contributed by atoms with Crippen LogP contribution in [0.4, 0.5) is 0 Å². The quantitative estimate of drug-likeness (QED) is 0.875.